The molecule has 0 spiro atoms. The first-order valence-corrected chi connectivity index (χ1v) is 8.80. The van der Waals surface area contributed by atoms with E-state index in [0.29, 0.717) is 0 Å². The summed E-state index contributed by atoms with van der Waals surface area (Å²) >= 11 is 0. The standard InChI is InChI=1S/C22H14N4/c1-3-15-19(11-7-9-23-13(1)11)21-17(25-15)5-6-18-22(21)20-12-8-10-24-14(12)2-4-16(20)26-18/h1-10,23-26H. The zero-order valence-corrected chi connectivity index (χ0v) is 13.8. The Kier molecular flexibility index (Phi) is 2.00. The Morgan fingerprint density at radius 3 is 1.23 bits per heavy atom. The first-order chi connectivity index (χ1) is 12.9. The summed E-state index contributed by atoms with van der Waals surface area (Å²) in [6, 6.07) is 17.3. The second-order valence-corrected chi connectivity index (χ2v) is 7.01. The molecule has 0 saturated heterocycles. The normalized spacial score (nSPS) is 12.6. The maximum atomic E-state index is 3.61. The number of hydrogen-bond donors (Lipinski definition) is 4. The Balaban J connectivity index is 1.90. The number of nitrogens with one attached hydrogen (secondary N) is 4. The third kappa shape index (κ3) is 1.34. The van der Waals surface area contributed by atoms with Crippen molar-refractivity contribution in [3.63, 3.8) is 0 Å². The highest BCUT2D eigenvalue weighted by Crippen LogP contribution is 2.41. The molecule has 0 radical (unpaired) electrons. The van der Waals surface area contributed by atoms with Gasteiger partial charge in [0.15, 0.2) is 0 Å². The molecule has 0 atom stereocenters. The van der Waals surface area contributed by atoms with E-state index in [1.54, 1.807) is 0 Å². The lowest BCUT2D eigenvalue weighted by Crippen LogP contribution is -1.74. The molecule has 4 heterocycles. The fourth-order valence-electron chi connectivity index (χ4n) is 4.63. The van der Waals surface area contributed by atoms with E-state index in [2.05, 4.69) is 68.5 Å². The Bertz CT molecular complexity index is 1510. The lowest BCUT2D eigenvalue weighted by atomic mass is 10.0. The van der Waals surface area contributed by atoms with Gasteiger partial charge in [-0.05, 0) is 48.5 Å². The lowest BCUT2D eigenvalue weighted by molar-refractivity contribution is 1.48. The van der Waals surface area contributed by atoms with Gasteiger partial charge in [0.1, 0.15) is 0 Å². The molecule has 0 aliphatic carbocycles. The van der Waals surface area contributed by atoms with Crippen LogP contribution in [0.4, 0.5) is 0 Å². The SMILES string of the molecule is c1cc2c(ccc3[nH]c4ccc5[nH]c6ccc7[nH]ccc7c6c5c4c32)[nH]1. The molecule has 0 bridgehead atoms. The minimum absolute atomic E-state index is 1.17. The third-order valence-corrected chi connectivity index (χ3v) is 5.71. The van der Waals surface area contributed by atoms with Crippen LogP contribution in [0.25, 0.3) is 65.4 Å². The van der Waals surface area contributed by atoms with Gasteiger partial charge in [-0.2, -0.15) is 0 Å². The molecule has 4 nitrogen and oxygen atoms in total. The monoisotopic (exact) mass is 334 g/mol. The Hall–Kier alpha value is -3.66. The molecule has 0 saturated carbocycles. The van der Waals surface area contributed by atoms with Crippen LogP contribution in [0.1, 0.15) is 0 Å². The van der Waals surface area contributed by atoms with E-state index in [-0.39, 0.29) is 0 Å². The first kappa shape index (κ1) is 12.7. The highest BCUT2D eigenvalue weighted by molar-refractivity contribution is 6.35. The van der Waals surface area contributed by atoms with E-state index < -0.39 is 0 Å². The molecule has 7 rings (SSSR count). The van der Waals surface area contributed by atoms with E-state index in [1.807, 2.05) is 12.4 Å². The van der Waals surface area contributed by atoms with Crippen molar-refractivity contribution in [3.8, 4) is 0 Å². The van der Waals surface area contributed by atoms with Crippen molar-refractivity contribution in [3.05, 3.63) is 60.9 Å². The Labute approximate surface area is 146 Å². The minimum atomic E-state index is 1.17. The first-order valence-electron chi connectivity index (χ1n) is 8.80. The van der Waals surface area contributed by atoms with Gasteiger partial charge in [-0.15, -0.1) is 0 Å². The van der Waals surface area contributed by atoms with Crippen LogP contribution in [0.2, 0.25) is 0 Å². The topological polar surface area (TPSA) is 63.2 Å². The molecule has 0 unspecified atom stereocenters. The molecule has 4 aromatic heterocycles. The average Bonchev–Trinajstić information content (AvgIpc) is 3.40. The van der Waals surface area contributed by atoms with Gasteiger partial charge in [-0.1, -0.05) is 0 Å². The molecule has 0 amide bonds. The molecule has 122 valence electrons. The molecular weight excluding hydrogens is 320 g/mol. The molecule has 0 aliphatic heterocycles. The van der Waals surface area contributed by atoms with Gasteiger partial charge in [0.2, 0.25) is 0 Å². The van der Waals surface area contributed by atoms with Crippen LogP contribution in [-0.2, 0) is 0 Å². The van der Waals surface area contributed by atoms with E-state index in [1.165, 1.54) is 65.4 Å². The summed E-state index contributed by atoms with van der Waals surface area (Å²) in [5, 5.41) is 7.69. The smallest absolute Gasteiger partial charge is 0.0472 e. The zero-order chi connectivity index (χ0) is 16.8. The molecule has 0 aliphatic rings. The number of H-pyrrole nitrogens is 4. The summed E-state index contributed by atoms with van der Waals surface area (Å²) in [6.45, 7) is 0. The van der Waals surface area contributed by atoms with Gasteiger partial charge in [0, 0.05) is 77.8 Å². The summed E-state index contributed by atoms with van der Waals surface area (Å²) in [6.07, 6.45) is 4.03. The third-order valence-electron chi connectivity index (χ3n) is 5.71. The maximum absolute atomic E-state index is 3.61. The lowest BCUT2D eigenvalue weighted by Gasteiger charge is -1.99. The summed E-state index contributed by atoms with van der Waals surface area (Å²) < 4.78 is 0. The molecule has 7 aromatic rings. The number of hydrogen-bond acceptors (Lipinski definition) is 0. The van der Waals surface area contributed by atoms with Gasteiger partial charge in [0.05, 0.1) is 0 Å². The van der Waals surface area contributed by atoms with Crippen LogP contribution in [0.15, 0.2) is 60.9 Å². The number of benzene rings is 3. The zero-order valence-electron chi connectivity index (χ0n) is 13.8. The van der Waals surface area contributed by atoms with Crippen LogP contribution in [0.5, 0.6) is 0 Å². The molecule has 26 heavy (non-hydrogen) atoms. The summed E-state index contributed by atoms with van der Waals surface area (Å²) in [4.78, 5) is 13.9. The van der Waals surface area contributed by atoms with E-state index in [4.69, 9.17) is 0 Å². The fraction of sp³-hybridized carbons (Fsp3) is 0. The largest absolute Gasteiger partial charge is 0.361 e. The highest BCUT2D eigenvalue weighted by atomic mass is 14.7. The van der Waals surface area contributed by atoms with Gasteiger partial charge < -0.3 is 19.9 Å². The summed E-state index contributed by atoms with van der Waals surface area (Å²) in [7, 11) is 0. The van der Waals surface area contributed by atoms with Crippen LogP contribution >= 0.6 is 0 Å². The summed E-state index contributed by atoms with van der Waals surface area (Å²) in [5.74, 6) is 0. The van der Waals surface area contributed by atoms with Gasteiger partial charge in [-0.25, -0.2) is 0 Å². The number of aromatic nitrogens is 4. The molecular formula is C22H14N4. The van der Waals surface area contributed by atoms with Crippen LogP contribution in [0, 0.1) is 0 Å². The van der Waals surface area contributed by atoms with Crippen LogP contribution < -0.4 is 0 Å². The van der Waals surface area contributed by atoms with Crippen molar-refractivity contribution < 1.29 is 0 Å². The Morgan fingerprint density at radius 2 is 0.769 bits per heavy atom. The predicted octanol–water partition coefficient (Wildman–Crippen LogP) is 5.92. The second-order valence-electron chi connectivity index (χ2n) is 7.01. The highest BCUT2D eigenvalue weighted by Gasteiger charge is 2.16. The van der Waals surface area contributed by atoms with Gasteiger partial charge >= 0.3 is 0 Å². The molecule has 3 aromatic carbocycles. The number of fused-ring (bicyclic) bond motifs is 11. The number of rotatable bonds is 0. The number of aromatic amines is 4. The Morgan fingerprint density at radius 1 is 0.385 bits per heavy atom. The second kappa shape index (κ2) is 4.11. The average molecular weight is 334 g/mol. The van der Waals surface area contributed by atoms with Crippen molar-refractivity contribution in [1.82, 2.24) is 19.9 Å². The van der Waals surface area contributed by atoms with Crippen molar-refractivity contribution in [2.75, 3.05) is 0 Å². The van der Waals surface area contributed by atoms with Crippen LogP contribution in [-0.4, -0.2) is 19.9 Å². The molecule has 4 heteroatoms. The quantitative estimate of drug-likeness (QED) is 0.266. The minimum Gasteiger partial charge on any atom is -0.361 e. The van der Waals surface area contributed by atoms with E-state index in [0.717, 1.165) is 0 Å². The maximum Gasteiger partial charge on any atom is 0.0472 e. The fourth-order valence-corrected chi connectivity index (χ4v) is 4.63. The van der Waals surface area contributed by atoms with Gasteiger partial charge in [0.25, 0.3) is 0 Å². The van der Waals surface area contributed by atoms with Crippen molar-refractivity contribution in [2.24, 2.45) is 0 Å². The van der Waals surface area contributed by atoms with Crippen LogP contribution in [0.3, 0.4) is 0 Å². The van der Waals surface area contributed by atoms with Crippen molar-refractivity contribution >= 4 is 65.4 Å². The summed E-state index contributed by atoms with van der Waals surface area (Å²) in [5.41, 5.74) is 7.04. The van der Waals surface area contributed by atoms with E-state index >= 15 is 0 Å². The van der Waals surface area contributed by atoms with Crippen molar-refractivity contribution in [2.45, 2.75) is 0 Å². The van der Waals surface area contributed by atoms with Gasteiger partial charge in [-0.3, -0.25) is 0 Å². The van der Waals surface area contributed by atoms with Crippen molar-refractivity contribution in [1.29, 1.82) is 0 Å². The molecule has 0 fully saturated rings. The predicted molar refractivity (Wildman–Crippen MR) is 109 cm³/mol. The molecule has 4 N–H and O–H groups in total. The van der Waals surface area contributed by atoms with E-state index in [9.17, 15) is 0 Å².